The van der Waals surface area contributed by atoms with Crippen molar-refractivity contribution >= 4 is 6.21 Å². The highest BCUT2D eigenvalue weighted by Crippen LogP contribution is 2.06. The van der Waals surface area contributed by atoms with Gasteiger partial charge in [0.1, 0.15) is 6.07 Å². The number of nitriles is 1. The van der Waals surface area contributed by atoms with Crippen LogP contribution in [0.5, 0.6) is 0 Å². The third-order valence-electron chi connectivity index (χ3n) is 1.34. The Hall–Kier alpha value is -1.56. The molecule has 0 aromatic rings. The highest BCUT2D eigenvalue weighted by molar-refractivity contribution is 5.84. The summed E-state index contributed by atoms with van der Waals surface area (Å²) in [7, 11) is 0. The average molecular weight is 163 g/mol. The van der Waals surface area contributed by atoms with Crippen LogP contribution in [0.15, 0.2) is 29.0 Å². The van der Waals surface area contributed by atoms with E-state index < -0.39 is 0 Å². The molecule has 12 heavy (non-hydrogen) atoms. The van der Waals surface area contributed by atoms with Crippen LogP contribution in [0.25, 0.3) is 0 Å². The van der Waals surface area contributed by atoms with Crippen molar-refractivity contribution in [3.05, 3.63) is 24.0 Å². The van der Waals surface area contributed by atoms with Gasteiger partial charge in [-0.2, -0.15) is 5.26 Å². The van der Waals surface area contributed by atoms with Crippen molar-refractivity contribution in [2.24, 2.45) is 16.6 Å². The summed E-state index contributed by atoms with van der Waals surface area (Å²) in [5.41, 5.74) is 6.22. The molecule has 0 saturated heterocycles. The number of hydrogen-bond acceptors (Lipinski definition) is 3. The van der Waals surface area contributed by atoms with Gasteiger partial charge in [-0.05, 0) is 5.92 Å². The lowest BCUT2D eigenvalue weighted by Gasteiger charge is -2.00. The van der Waals surface area contributed by atoms with Crippen molar-refractivity contribution in [2.75, 3.05) is 0 Å². The number of aliphatic imine (C=N–C) groups is 1. The molecule has 0 aliphatic carbocycles. The molecule has 0 bridgehead atoms. The fourth-order valence-corrected chi connectivity index (χ4v) is 0.411. The molecule has 0 aromatic heterocycles. The van der Waals surface area contributed by atoms with E-state index in [4.69, 9.17) is 11.0 Å². The van der Waals surface area contributed by atoms with Crippen LogP contribution < -0.4 is 5.73 Å². The fraction of sp³-hybridized carbons (Fsp3) is 0.333. The first-order valence-electron chi connectivity index (χ1n) is 3.66. The van der Waals surface area contributed by atoms with E-state index in [-0.39, 0.29) is 0 Å². The Morgan fingerprint density at radius 3 is 2.58 bits per heavy atom. The van der Waals surface area contributed by atoms with Crippen molar-refractivity contribution in [1.82, 2.24) is 0 Å². The summed E-state index contributed by atoms with van der Waals surface area (Å²) in [6, 6.07) is 1.89. The number of rotatable bonds is 3. The minimum atomic E-state index is 0.291. The highest BCUT2D eigenvalue weighted by Gasteiger charge is 1.95. The third-order valence-corrected chi connectivity index (χ3v) is 1.34. The van der Waals surface area contributed by atoms with Crippen LogP contribution in [0.3, 0.4) is 0 Å². The van der Waals surface area contributed by atoms with Crippen molar-refractivity contribution in [3.8, 4) is 6.07 Å². The minimum absolute atomic E-state index is 0.291. The summed E-state index contributed by atoms with van der Waals surface area (Å²) in [5.74, 6) is 0.291. The quantitative estimate of drug-likeness (QED) is 0.507. The summed E-state index contributed by atoms with van der Waals surface area (Å²) in [6.45, 7) is 7.69. The molecule has 0 atom stereocenters. The molecule has 0 saturated carbocycles. The van der Waals surface area contributed by atoms with Gasteiger partial charge in [0.2, 0.25) is 0 Å². The largest absolute Gasteiger partial charge is 0.403 e. The van der Waals surface area contributed by atoms with E-state index in [0.717, 1.165) is 5.70 Å². The molecule has 0 fully saturated rings. The Bertz CT molecular complexity index is 253. The van der Waals surface area contributed by atoms with Crippen molar-refractivity contribution in [3.63, 3.8) is 0 Å². The second-order valence-corrected chi connectivity index (χ2v) is 2.64. The molecule has 0 aromatic carbocycles. The summed E-state index contributed by atoms with van der Waals surface area (Å²) in [4.78, 5) is 3.98. The van der Waals surface area contributed by atoms with E-state index in [1.807, 2.05) is 19.9 Å². The van der Waals surface area contributed by atoms with Gasteiger partial charge < -0.3 is 5.73 Å². The minimum Gasteiger partial charge on any atom is -0.403 e. The van der Waals surface area contributed by atoms with Gasteiger partial charge in [-0.15, -0.1) is 0 Å². The molecule has 3 heteroatoms. The number of nitrogens with zero attached hydrogens (tertiary/aromatic N) is 2. The maximum atomic E-state index is 8.46. The third kappa shape index (κ3) is 3.57. The van der Waals surface area contributed by atoms with Crippen molar-refractivity contribution in [1.29, 1.82) is 5.26 Å². The number of nitrogens with two attached hydrogens (primary N) is 1. The summed E-state index contributed by atoms with van der Waals surface area (Å²) < 4.78 is 0. The molecule has 0 unspecified atom stereocenters. The molecule has 0 radical (unpaired) electrons. The van der Waals surface area contributed by atoms with Crippen LogP contribution in [0.1, 0.15) is 13.8 Å². The lowest BCUT2D eigenvalue weighted by atomic mass is 10.2. The average Bonchev–Trinajstić information content (AvgIpc) is 2.05. The zero-order valence-electron chi connectivity index (χ0n) is 7.41. The van der Waals surface area contributed by atoms with E-state index in [0.29, 0.717) is 11.5 Å². The first-order valence-corrected chi connectivity index (χ1v) is 3.66. The van der Waals surface area contributed by atoms with Gasteiger partial charge in [0.15, 0.2) is 0 Å². The second kappa shape index (κ2) is 5.14. The molecular weight excluding hydrogens is 150 g/mol. The van der Waals surface area contributed by atoms with Crippen LogP contribution in [0, 0.1) is 17.2 Å². The van der Waals surface area contributed by atoms with E-state index in [1.54, 1.807) is 0 Å². The molecule has 0 aliphatic heterocycles. The predicted molar refractivity (Wildman–Crippen MR) is 50.4 cm³/mol. The topological polar surface area (TPSA) is 62.2 Å². The van der Waals surface area contributed by atoms with E-state index in [2.05, 4.69) is 11.6 Å². The van der Waals surface area contributed by atoms with Crippen LogP contribution in [-0.2, 0) is 0 Å². The zero-order chi connectivity index (χ0) is 9.56. The molecule has 0 aliphatic rings. The number of hydrogen-bond donors (Lipinski definition) is 1. The smallest absolute Gasteiger partial charge is 0.102 e. The van der Waals surface area contributed by atoms with Gasteiger partial charge in [-0.3, -0.25) is 4.99 Å². The molecule has 3 nitrogen and oxygen atoms in total. The molecule has 2 N–H and O–H groups in total. The van der Waals surface area contributed by atoms with Gasteiger partial charge in [-0.25, -0.2) is 0 Å². The first kappa shape index (κ1) is 10.4. The fourth-order valence-electron chi connectivity index (χ4n) is 0.411. The standard InChI is InChI=1S/C9H13N3/c1-7(2)8(3)12-6-9(4-10)5-11/h4,6-7H,3,10H2,1-2H3/b9-4-,12-6?. The van der Waals surface area contributed by atoms with Crippen LogP contribution in [0.4, 0.5) is 0 Å². The highest BCUT2D eigenvalue weighted by atomic mass is 14.7. The summed E-state index contributed by atoms with van der Waals surface area (Å²) in [5, 5.41) is 8.46. The Morgan fingerprint density at radius 2 is 2.25 bits per heavy atom. The van der Waals surface area contributed by atoms with Gasteiger partial charge in [-0.1, -0.05) is 20.4 Å². The lowest BCUT2D eigenvalue weighted by Crippen LogP contribution is -1.92. The Kier molecular flexibility index (Phi) is 4.47. The van der Waals surface area contributed by atoms with E-state index in [1.165, 1.54) is 12.4 Å². The Morgan fingerprint density at radius 1 is 1.67 bits per heavy atom. The van der Waals surface area contributed by atoms with Crippen molar-refractivity contribution in [2.45, 2.75) is 13.8 Å². The Balaban J connectivity index is 4.27. The molecular formula is C9H13N3. The molecule has 64 valence electrons. The zero-order valence-corrected chi connectivity index (χ0v) is 7.41. The predicted octanol–water partition coefficient (Wildman–Crippen LogP) is 1.59. The van der Waals surface area contributed by atoms with Gasteiger partial charge in [0.25, 0.3) is 0 Å². The van der Waals surface area contributed by atoms with Gasteiger partial charge in [0.05, 0.1) is 5.57 Å². The van der Waals surface area contributed by atoms with Gasteiger partial charge in [0, 0.05) is 18.1 Å². The second-order valence-electron chi connectivity index (χ2n) is 2.64. The summed E-state index contributed by atoms with van der Waals surface area (Å²) in [6.07, 6.45) is 2.64. The van der Waals surface area contributed by atoms with Crippen molar-refractivity contribution < 1.29 is 0 Å². The normalized spacial score (nSPS) is 12.0. The monoisotopic (exact) mass is 163 g/mol. The van der Waals surface area contributed by atoms with Gasteiger partial charge >= 0.3 is 0 Å². The van der Waals surface area contributed by atoms with E-state index >= 15 is 0 Å². The molecule has 0 heterocycles. The Labute approximate surface area is 72.9 Å². The number of allylic oxidation sites excluding steroid dienone is 2. The van der Waals surface area contributed by atoms with Crippen LogP contribution >= 0.6 is 0 Å². The SMILES string of the molecule is C=C(N=C/C(C#N)=C\N)C(C)C. The molecule has 0 rings (SSSR count). The van der Waals surface area contributed by atoms with Crippen LogP contribution in [-0.4, -0.2) is 6.21 Å². The summed E-state index contributed by atoms with van der Waals surface area (Å²) >= 11 is 0. The van der Waals surface area contributed by atoms with E-state index in [9.17, 15) is 0 Å². The maximum absolute atomic E-state index is 8.46. The first-order chi connectivity index (χ1) is 5.61. The molecule has 0 amide bonds. The lowest BCUT2D eigenvalue weighted by molar-refractivity contribution is 0.763. The van der Waals surface area contributed by atoms with Crippen LogP contribution in [0.2, 0.25) is 0 Å². The molecule has 0 spiro atoms. The maximum Gasteiger partial charge on any atom is 0.102 e.